The number of nitrogens with zero attached hydrogens (tertiary/aromatic N) is 6. The molecule has 0 radical (unpaired) electrons. The molecule has 6 aliphatic heterocycles. The van der Waals surface area contributed by atoms with Crippen molar-refractivity contribution in [1.29, 1.82) is 0 Å². The topological polar surface area (TPSA) is 148 Å². The molecule has 6 aliphatic rings. The van der Waals surface area contributed by atoms with Gasteiger partial charge in [0, 0.05) is 31.6 Å². The van der Waals surface area contributed by atoms with Crippen molar-refractivity contribution < 1.29 is 35.8 Å². The third-order valence-corrected chi connectivity index (χ3v) is 13.1. The van der Waals surface area contributed by atoms with Gasteiger partial charge < -0.3 is 30.2 Å². The number of piperazine rings is 1. The third kappa shape index (κ3) is 4.56. The van der Waals surface area contributed by atoms with E-state index in [0.717, 1.165) is 41.1 Å². The van der Waals surface area contributed by atoms with E-state index in [1.54, 1.807) is 0 Å². The minimum Gasteiger partial charge on any atom is -0.461 e. The van der Waals surface area contributed by atoms with Crippen LogP contribution >= 0.6 is 11.3 Å². The van der Waals surface area contributed by atoms with E-state index in [9.17, 15) is 17.2 Å². The Hall–Kier alpha value is -3.29. The van der Waals surface area contributed by atoms with Gasteiger partial charge in [-0.3, -0.25) is 9.21 Å². The zero-order chi connectivity index (χ0) is 32.9. The number of benzene rings is 1. The van der Waals surface area contributed by atoms with Crippen molar-refractivity contribution in [1.82, 2.24) is 29.5 Å². The van der Waals surface area contributed by atoms with Gasteiger partial charge in [-0.15, -0.1) is 0 Å². The summed E-state index contributed by atoms with van der Waals surface area (Å²) in [5.74, 6) is -1.55. The largest absolute Gasteiger partial charge is 0.461 e. The van der Waals surface area contributed by atoms with Crippen molar-refractivity contribution in [2.45, 2.75) is 54.0 Å². The fourth-order valence-corrected chi connectivity index (χ4v) is 10.8. The van der Waals surface area contributed by atoms with Gasteiger partial charge in [0.2, 0.25) is 0 Å². The van der Waals surface area contributed by atoms with Gasteiger partial charge in [-0.25, -0.2) is 26.6 Å². The Balaban J connectivity index is 1.26. The lowest BCUT2D eigenvalue weighted by atomic mass is 9.95. The maximum Gasteiger partial charge on any atom is 0.319 e. The van der Waals surface area contributed by atoms with Crippen molar-refractivity contribution in [3.05, 3.63) is 29.2 Å². The van der Waals surface area contributed by atoms with E-state index in [2.05, 4.69) is 20.2 Å². The number of sulfonamides is 1. The van der Waals surface area contributed by atoms with E-state index in [1.165, 1.54) is 6.07 Å². The van der Waals surface area contributed by atoms with Crippen LogP contribution < -0.4 is 20.7 Å². The zero-order valence-electron chi connectivity index (χ0n) is 25.7. The Kier molecular flexibility index (Phi) is 7.12. The van der Waals surface area contributed by atoms with Gasteiger partial charge in [0.1, 0.15) is 24.3 Å². The number of anilines is 2. The molecule has 48 heavy (non-hydrogen) atoms. The first-order valence-electron chi connectivity index (χ1n) is 16.0. The van der Waals surface area contributed by atoms with Crippen LogP contribution in [0.1, 0.15) is 30.5 Å². The molecule has 13 nitrogen and oxygen atoms in total. The molecule has 4 atom stereocenters. The highest BCUT2D eigenvalue weighted by Gasteiger charge is 2.52. The summed E-state index contributed by atoms with van der Waals surface area (Å²) in [5.41, 5.74) is 4.69. The molecule has 3 aromatic rings. The van der Waals surface area contributed by atoms with E-state index < -0.39 is 45.1 Å². The first-order valence-corrected chi connectivity index (χ1v) is 18.3. The van der Waals surface area contributed by atoms with E-state index in [1.807, 2.05) is 4.90 Å². The summed E-state index contributed by atoms with van der Waals surface area (Å²) in [6.07, 6.45) is 0.930. The molecule has 5 saturated heterocycles. The molecule has 3 N–H and O–H groups in total. The number of morpholine rings is 1. The van der Waals surface area contributed by atoms with Crippen LogP contribution in [0.3, 0.4) is 0 Å². The molecule has 8 heterocycles. The summed E-state index contributed by atoms with van der Waals surface area (Å²) >= 11 is 0.885. The van der Waals surface area contributed by atoms with Crippen molar-refractivity contribution >= 4 is 54.1 Å². The van der Waals surface area contributed by atoms with Crippen LogP contribution in [0.25, 0.3) is 21.7 Å². The smallest absolute Gasteiger partial charge is 0.319 e. The van der Waals surface area contributed by atoms with E-state index in [0.29, 0.717) is 39.3 Å². The fourth-order valence-electron chi connectivity index (χ4n) is 8.15. The van der Waals surface area contributed by atoms with Gasteiger partial charge in [-0.05, 0) is 31.5 Å². The summed E-state index contributed by atoms with van der Waals surface area (Å²) in [5, 5.41) is 3.40. The molecule has 0 spiro atoms. The molecule has 3 unspecified atom stereocenters. The lowest BCUT2D eigenvalue weighted by Crippen LogP contribution is -2.64. The summed E-state index contributed by atoms with van der Waals surface area (Å²) in [4.78, 5) is 17.0. The first-order chi connectivity index (χ1) is 23.1. The molecule has 5 fully saturated rings. The Labute approximate surface area is 277 Å². The molecular weight excluding hydrogens is 674 g/mol. The molecule has 0 amide bonds. The van der Waals surface area contributed by atoms with Crippen LogP contribution in [0.5, 0.6) is 6.01 Å². The van der Waals surface area contributed by atoms with Crippen LogP contribution in [0, 0.1) is 5.82 Å². The number of hydrogen-bond acceptors (Lipinski definition) is 13. The Morgan fingerprint density at radius 1 is 1.08 bits per heavy atom. The first kappa shape index (κ1) is 30.7. The maximum atomic E-state index is 17.4. The molecular formula is C30H33F3N8O5S2. The third-order valence-electron chi connectivity index (χ3n) is 10.3. The number of hydrogen-bond donors (Lipinski definition) is 2. The number of nitrogens with two attached hydrogens (primary N) is 1. The predicted molar refractivity (Wildman–Crippen MR) is 170 cm³/mol. The summed E-state index contributed by atoms with van der Waals surface area (Å²) in [6, 6.07) is 0.887. The average Bonchev–Trinajstić information content (AvgIpc) is 3.70. The number of rotatable bonds is 6. The van der Waals surface area contributed by atoms with Gasteiger partial charge in [0.05, 0.1) is 66.0 Å². The minimum absolute atomic E-state index is 0.0203. The average molecular weight is 707 g/mol. The minimum atomic E-state index is -4.56. The second-order valence-electron chi connectivity index (χ2n) is 13.3. The van der Waals surface area contributed by atoms with Gasteiger partial charge >= 0.3 is 6.01 Å². The second kappa shape index (κ2) is 11.1. The number of aromatic nitrogens is 3. The number of halogens is 3. The van der Waals surface area contributed by atoms with Crippen LogP contribution in [0.15, 0.2) is 17.0 Å². The Morgan fingerprint density at radius 3 is 2.58 bits per heavy atom. The van der Waals surface area contributed by atoms with E-state index in [-0.39, 0.29) is 75.2 Å². The number of nitrogen functional groups attached to an aromatic ring is 1. The van der Waals surface area contributed by atoms with Crippen molar-refractivity contribution in [2.24, 2.45) is 0 Å². The van der Waals surface area contributed by atoms with Gasteiger partial charge in [0.15, 0.2) is 21.7 Å². The number of alkyl halides is 1. The number of thiazole rings is 1. The van der Waals surface area contributed by atoms with Crippen LogP contribution in [-0.4, -0.2) is 122 Å². The SMILES string of the molecule is Nc1nc2c(C3=C(F)c4nc(OCC56CCCN5C[C@H](F)C6)nc(N5C6CNCC5COC6)c4S(=O)(=O)N3C3COC3)ccc(F)c2s1. The van der Waals surface area contributed by atoms with Crippen LogP contribution in [0.2, 0.25) is 0 Å². The molecule has 9 rings (SSSR count). The monoisotopic (exact) mass is 706 g/mol. The normalized spacial score (nSPS) is 30.1. The molecule has 1 aromatic carbocycles. The fraction of sp³-hybridized carbons (Fsp3) is 0.567. The van der Waals surface area contributed by atoms with Gasteiger partial charge in [0.25, 0.3) is 10.0 Å². The lowest BCUT2D eigenvalue weighted by molar-refractivity contribution is -0.0232. The zero-order valence-corrected chi connectivity index (χ0v) is 27.3. The van der Waals surface area contributed by atoms with Crippen molar-refractivity contribution in [3.8, 4) is 6.01 Å². The molecule has 2 aromatic heterocycles. The molecule has 0 aliphatic carbocycles. The quantitative estimate of drug-likeness (QED) is 0.387. The number of fused-ring (bicyclic) bond motifs is 5. The van der Waals surface area contributed by atoms with E-state index in [4.69, 9.17) is 24.9 Å². The van der Waals surface area contributed by atoms with Crippen molar-refractivity contribution in [2.75, 3.05) is 69.8 Å². The summed E-state index contributed by atoms with van der Waals surface area (Å²) < 4.78 is 95.2. The van der Waals surface area contributed by atoms with Gasteiger partial charge in [-0.1, -0.05) is 11.3 Å². The highest BCUT2D eigenvalue weighted by atomic mass is 32.2. The Morgan fingerprint density at radius 2 is 1.83 bits per heavy atom. The highest BCUT2D eigenvalue weighted by Crippen LogP contribution is 2.49. The number of nitrogens with one attached hydrogen (secondary N) is 1. The van der Waals surface area contributed by atoms with Crippen LogP contribution in [-0.2, 0) is 19.5 Å². The standard InChI is InChI=1S/C30H33F3N8O5S2/c31-15-6-30(4-1-5-39(30)9-15)14-46-29-37-23-21(33)24(19-2-3-20(32)25-22(19)36-28(34)47-25)41(18-12-45-13-18)48(42,43)26(23)27(38-29)40-16-7-35-8-17(40)11-44-10-16/h2-3,15-18,35H,1,4-14H2,(H2,34,36)/t15-,16?,17?,30?/m1/s1. The second-order valence-corrected chi connectivity index (χ2v) is 16.0. The molecule has 18 heteroatoms. The molecule has 2 bridgehead atoms. The maximum absolute atomic E-state index is 17.4. The highest BCUT2D eigenvalue weighted by molar-refractivity contribution is 7.89. The number of ether oxygens (including phenoxy) is 3. The van der Waals surface area contributed by atoms with Crippen molar-refractivity contribution in [3.63, 3.8) is 0 Å². The lowest BCUT2D eigenvalue weighted by Gasteiger charge is -2.48. The van der Waals surface area contributed by atoms with Gasteiger partial charge in [-0.2, -0.15) is 9.97 Å². The predicted octanol–water partition coefficient (Wildman–Crippen LogP) is 2.14. The summed E-state index contributed by atoms with van der Waals surface area (Å²) in [7, 11) is -4.56. The van der Waals surface area contributed by atoms with Crippen LogP contribution in [0.4, 0.5) is 24.1 Å². The molecule has 256 valence electrons. The Bertz CT molecular complexity index is 1940. The summed E-state index contributed by atoms with van der Waals surface area (Å²) in [6.45, 7) is 2.76. The van der Waals surface area contributed by atoms with E-state index >= 15 is 4.39 Å². The molecule has 0 saturated carbocycles.